The molecule has 1 rings (SSSR count). The van der Waals surface area contributed by atoms with Crippen LogP contribution < -0.4 is 5.73 Å². The third-order valence-electron chi connectivity index (χ3n) is 3.00. The summed E-state index contributed by atoms with van der Waals surface area (Å²) >= 11 is 0. The van der Waals surface area contributed by atoms with E-state index in [1.165, 1.54) is 4.31 Å². The van der Waals surface area contributed by atoms with Gasteiger partial charge in [-0.3, -0.25) is 0 Å². The molecule has 2 N–H and O–H groups in total. The van der Waals surface area contributed by atoms with Crippen molar-refractivity contribution in [3.63, 3.8) is 0 Å². The van der Waals surface area contributed by atoms with E-state index in [2.05, 4.69) is 13.8 Å². The number of rotatable bonds is 4. The number of hydrogen-bond donors (Lipinski definition) is 1. The van der Waals surface area contributed by atoms with Gasteiger partial charge in [0.25, 0.3) is 10.2 Å². The van der Waals surface area contributed by atoms with Crippen LogP contribution in [0.5, 0.6) is 0 Å². The SMILES string of the molecule is CC1CC(C)CN(S(=O)(=O)N(C)CCN)C1. The first kappa shape index (κ1) is 13.9. The van der Waals surface area contributed by atoms with E-state index in [4.69, 9.17) is 5.73 Å². The fourth-order valence-electron chi connectivity index (χ4n) is 2.29. The lowest BCUT2D eigenvalue weighted by Gasteiger charge is -2.36. The normalized spacial score (nSPS) is 28.6. The minimum Gasteiger partial charge on any atom is -0.329 e. The van der Waals surface area contributed by atoms with Gasteiger partial charge >= 0.3 is 0 Å². The Morgan fingerprint density at radius 2 is 1.81 bits per heavy atom. The van der Waals surface area contributed by atoms with Crippen molar-refractivity contribution in [2.75, 3.05) is 33.2 Å². The van der Waals surface area contributed by atoms with Crippen molar-refractivity contribution in [3.05, 3.63) is 0 Å². The highest BCUT2D eigenvalue weighted by Crippen LogP contribution is 2.23. The molecule has 0 bridgehead atoms. The lowest BCUT2D eigenvalue weighted by atomic mass is 9.94. The molecule has 0 radical (unpaired) electrons. The van der Waals surface area contributed by atoms with Gasteiger partial charge in [-0.25, -0.2) is 0 Å². The van der Waals surface area contributed by atoms with Crippen LogP contribution in [0.25, 0.3) is 0 Å². The van der Waals surface area contributed by atoms with Gasteiger partial charge in [-0.2, -0.15) is 17.0 Å². The molecule has 0 aromatic heterocycles. The summed E-state index contributed by atoms with van der Waals surface area (Å²) in [7, 11) is -1.71. The minimum absolute atomic E-state index is 0.356. The van der Waals surface area contributed by atoms with Crippen LogP contribution in [0.1, 0.15) is 20.3 Å². The molecule has 1 aliphatic heterocycles. The first-order valence-electron chi connectivity index (χ1n) is 5.79. The molecule has 0 saturated carbocycles. The zero-order valence-electron chi connectivity index (χ0n) is 10.4. The number of likely N-dealkylation sites (N-methyl/N-ethyl adjacent to an activating group) is 1. The summed E-state index contributed by atoms with van der Waals surface area (Å²) in [4.78, 5) is 0. The second-order valence-corrected chi connectivity index (χ2v) is 6.92. The molecule has 0 aliphatic carbocycles. The van der Waals surface area contributed by atoms with Crippen molar-refractivity contribution >= 4 is 10.2 Å². The van der Waals surface area contributed by atoms with Crippen molar-refractivity contribution in [2.45, 2.75) is 20.3 Å². The van der Waals surface area contributed by atoms with Gasteiger partial charge in [0.1, 0.15) is 0 Å². The van der Waals surface area contributed by atoms with Crippen LogP contribution in [0.3, 0.4) is 0 Å². The summed E-state index contributed by atoms with van der Waals surface area (Å²) in [5.41, 5.74) is 5.39. The van der Waals surface area contributed by atoms with Gasteiger partial charge in [-0.15, -0.1) is 0 Å². The number of hydrogen-bond acceptors (Lipinski definition) is 3. The zero-order valence-corrected chi connectivity index (χ0v) is 11.2. The first-order valence-corrected chi connectivity index (χ1v) is 7.19. The molecule has 96 valence electrons. The minimum atomic E-state index is -3.30. The van der Waals surface area contributed by atoms with E-state index in [0.717, 1.165) is 6.42 Å². The highest BCUT2D eigenvalue weighted by molar-refractivity contribution is 7.86. The fourth-order valence-corrected chi connectivity index (χ4v) is 3.90. The Labute approximate surface area is 98.8 Å². The highest BCUT2D eigenvalue weighted by atomic mass is 32.2. The van der Waals surface area contributed by atoms with E-state index >= 15 is 0 Å². The molecule has 16 heavy (non-hydrogen) atoms. The molecule has 0 spiro atoms. The van der Waals surface area contributed by atoms with Crippen molar-refractivity contribution in [2.24, 2.45) is 17.6 Å². The van der Waals surface area contributed by atoms with Crippen molar-refractivity contribution in [3.8, 4) is 0 Å². The van der Waals surface area contributed by atoms with Gasteiger partial charge in [0.2, 0.25) is 0 Å². The van der Waals surface area contributed by atoms with Crippen LogP contribution >= 0.6 is 0 Å². The van der Waals surface area contributed by atoms with Gasteiger partial charge in [0.15, 0.2) is 0 Å². The van der Waals surface area contributed by atoms with Crippen molar-refractivity contribution in [1.82, 2.24) is 8.61 Å². The van der Waals surface area contributed by atoms with Crippen LogP contribution in [-0.2, 0) is 10.2 Å². The first-order chi connectivity index (χ1) is 7.37. The molecule has 0 aromatic rings. The molecule has 2 atom stereocenters. The smallest absolute Gasteiger partial charge is 0.281 e. The Hall–Kier alpha value is -0.170. The molecule has 1 saturated heterocycles. The summed E-state index contributed by atoms with van der Waals surface area (Å²) in [5, 5.41) is 0. The van der Waals surface area contributed by atoms with Crippen LogP contribution in [0.4, 0.5) is 0 Å². The third kappa shape index (κ3) is 3.16. The quantitative estimate of drug-likeness (QED) is 0.768. The third-order valence-corrected chi connectivity index (χ3v) is 4.92. The maximum absolute atomic E-state index is 12.2. The second-order valence-electron chi connectivity index (χ2n) is 4.88. The van der Waals surface area contributed by atoms with Crippen LogP contribution in [0.15, 0.2) is 0 Å². The molecule has 6 heteroatoms. The topological polar surface area (TPSA) is 66.6 Å². The zero-order chi connectivity index (χ0) is 12.3. The van der Waals surface area contributed by atoms with Crippen LogP contribution in [-0.4, -0.2) is 50.3 Å². The molecule has 1 fully saturated rings. The van der Waals surface area contributed by atoms with Crippen LogP contribution in [0, 0.1) is 11.8 Å². The highest BCUT2D eigenvalue weighted by Gasteiger charge is 2.32. The molecule has 1 heterocycles. The average molecular weight is 249 g/mol. The Morgan fingerprint density at radius 1 is 1.31 bits per heavy atom. The molecule has 0 amide bonds. The molecular formula is C10H23N3O2S. The van der Waals surface area contributed by atoms with Crippen molar-refractivity contribution < 1.29 is 8.42 Å². The van der Waals surface area contributed by atoms with Gasteiger partial charge in [0.05, 0.1) is 0 Å². The second kappa shape index (κ2) is 5.44. The van der Waals surface area contributed by atoms with E-state index in [0.29, 0.717) is 38.0 Å². The van der Waals surface area contributed by atoms with Crippen LogP contribution in [0.2, 0.25) is 0 Å². The Balaban J connectivity index is 2.75. The monoisotopic (exact) mass is 249 g/mol. The lowest BCUT2D eigenvalue weighted by molar-refractivity contribution is 0.212. The molecule has 2 unspecified atom stereocenters. The average Bonchev–Trinajstić information content (AvgIpc) is 2.16. The predicted octanol–water partition coefficient (Wildman–Crippen LogP) is 0.0996. The van der Waals surface area contributed by atoms with Gasteiger partial charge < -0.3 is 5.73 Å². The van der Waals surface area contributed by atoms with Gasteiger partial charge in [0, 0.05) is 33.2 Å². The van der Waals surface area contributed by atoms with Gasteiger partial charge in [-0.05, 0) is 18.3 Å². The molecule has 1 aliphatic rings. The fraction of sp³-hybridized carbons (Fsp3) is 1.00. The molecular weight excluding hydrogens is 226 g/mol. The Kier molecular flexibility index (Phi) is 4.73. The standard InChI is InChI=1S/C10H23N3O2S/c1-9-6-10(2)8-13(7-9)16(14,15)12(3)5-4-11/h9-10H,4-8,11H2,1-3H3. The van der Waals surface area contributed by atoms with E-state index in [1.54, 1.807) is 11.4 Å². The maximum Gasteiger partial charge on any atom is 0.281 e. The van der Waals surface area contributed by atoms with E-state index < -0.39 is 10.2 Å². The van der Waals surface area contributed by atoms with Gasteiger partial charge in [-0.1, -0.05) is 13.8 Å². The summed E-state index contributed by atoms with van der Waals surface area (Å²) in [6, 6.07) is 0. The lowest BCUT2D eigenvalue weighted by Crippen LogP contribution is -2.49. The van der Waals surface area contributed by atoms with E-state index in [-0.39, 0.29) is 0 Å². The number of nitrogens with zero attached hydrogens (tertiary/aromatic N) is 2. The summed E-state index contributed by atoms with van der Waals surface area (Å²) in [6.07, 6.45) is 1.10. The Morgan fingerprint density at radius 3 is 2.25 bits per heavy atom. The molecule has 5 nitrogen and oxygen atoms in total. The van der Waals surface area contributed by atoms with E-state index in [9.17, 15) is 8.42 Å². The summed E-state index contributed by atoms with van der Waals surface area (Å²) in [5.74, 6) is 0.870. The largest absolute Gasteiger partial charge is 0.329 e. The Bertz CT molecular complexity index is 308. The van der Waals surface area contributed by atoms with E-state index in [1.807, 2.05) is 0 Å². The number of piperidine rings is 1. The number of nitrogens with two attached hydrogens (primary N) is 1. The maximum atomic E-state index is 12.2. The summed E-state index contributed by atoms with van der Waals surface area (Å²) < 4.78 is 27.3. The van der Waals surface area contributed by atoms with Crippen molar-refractivity contribution in [1.29, 1.82) is 0 Å². The summed E-state index contributed by atoms with van der Waals surface area (Å²) in [6.45, 7) is 6.18. The molecule has 0 aromatic carbocycles. The predicted molar refractivity (Wildman–Crippen MR) is 65.1 cm³/mol.